The highest BCUT2D eigenvalue weighted by Gasteiger charge is 1.94. The highest BCUT2D eigenvalue weighted by molar-refractivity contribution is 7.80. The molecule has 0 aliphatic rings. The number of rotatable bonds is 1. The summed E-state index contributed by atoms with van der Waals surface area (Å²) >= 11 is 4.11. The Kier molecular flexibility index (Phi) is 4.30. The number of guanidine groups is 1. The maximum atomic E-state index is 4.11. The van der Waals surface area contributed by atoms with Crippen molar-refractivity contribution in [2.75, 3.05) is 14.1 Å². The van der Waals surface area contributed by atoms with Gasteiger partial charge in [0.1, 0.15) is 0 Å². The van der Waals surface area contributed by atoms with Gasteiger partial charge in [0.2, 0.25) is 0 Å². The number of thiol groups is 1. The fourth-order valence-electron chi connectivity index (χ4n) is 0.446. The van der Waals surface area contributed by atoms with Gasteiger partial charge in [-0.3, -0.25) is 4.99 Å². The third kappa shape index (κ3) is 4.14. The summed E-state index contributed by atoms with van der Waals surface area (Å²) in [5.41, 5.74) is 0. The fourth-order valence-corrected chi connectivity index (χ4v) is 0.569. The molecule has 9 heavy (non-hydrogen) atoms. The molecule has 0 radical (unpaired) electrons. The van der Waals surface area contributed by atoms with Crippen molar-refractivity contribution in [2.24, 2.45) is 4.99 Å². The molecule has 0 aromatic rings. The Bertz CT molecular complexity index is 100. The Morgan fingerprint density at radius 3 is 2.33 bits per heavy atom. The molecule has 0 amide bonds. The van der Waals surface area contributed by atoms with Crippen molar-refractivity contribution in [3.05, 3.63) is 0 Å². The van der Waals surface area contributed by atoms with Crippen molar-refractivity contribution in [1.29, 1.82) is 0 Å². The predicted octanol–water partition coefficient (Wildman–Crippen LogP) is 0.0570. The molecule has 0 rings (SSSR count). The second-order valence-corrected chi connectivity index (χ2v) is 2.42. The zero-order chi connectivity index (χ0) is 7.28. The number of nitrogens with one attached hydrogen (secondary N) is 2. The Hall–Kier alpha value is -0.380. The van der Waals surface area contributed by atoms with E-state index in [2.05, 4.69) is 28.3 Å². The first-order valence-electron chi connectivity index (χ1n) is 2.80. The van der Waals surface area contributed by atoms with Crippen LogP contribution in [0.3, 0.4) is 0 Å². The first-order valence-corrected chi connectivity index (χ1v) is 3.31. The van der Waals surface area contributed by atoms with Gasteiger partial charge < -0.3 is 10.6 Å². The summed E-state index contributed by atoms with van der Waals surface area (Å²) < 4.78 is 0. The van der Waals surface area contributed by atoms with E-state index in [4.69, 9.17) is 0 Å². The second kappa shape index (κ2) is 4.49. The van der Waals surface area contributed by atoms with Crippen molar-refractivity contribution in [2.45, 2.75) is 12.3 Å². The number of hydrogen-bond donors (Lipinski definition) is 3. The van der Waals surface area contributed by atoms with Crippen LogP contribution in [0.15, 0.2) is 4.99 Å². The molecule has 0 aromatic heterocycles. The maximum absolute atomic E-state index is 4.11. The van der Waals surface area contributed by atoms with E-state index in [1.807, 2.05) is 14.0 Å². The van der Waals surface area contributed by atoms with E-state index in [-0.39, 0.29) is 5.37 Å². The van der Waals surface area contributed by atoms with Gasteiger partial charge in [0.25, 0.3) is 0 Å². The van der Waals surface area contributed by atoms with Crippen LogP contribution in [0, 0.1) is 0 Å². The first-order chi connectivity index (χ1) is 4.20. The van der Waals surface area contributed by atoms with Crippen LogP contribution < -0.4 is 10.6 Å². The summed E-state index contributed by atoms with van der Waals surface area (Å²) in [6.07, 6.45) is 0. The lowest BCUT2D eigenvalue weighted by atomic mass is 10.7. The minimum Gasteiger partial charge on any atom is -0.359 e. The molecule has 2 N–H and O–H groups in total. The van der Waals surface area contributed by atoms with E-state index in [1.165, 1.54) is 0 Å². The lowest BCUT2D eigenvalue weighted by molar-refractivity contribution is 0.860. The van der Waals surface area contributed by atoms with Crippen molar-refractivity contribution in [3.8, 4) is 0 Å². The molecule has 4 heteroatoms. The molecule has 0 aliphatic heterocycles. The van der Waals surface area contributed by atoms with E-state index in [0.29, 0.717) is 0 Å². The molecule has 0 heterocycles. The molecule has 0 fully saturated rings. The van der Waals surface area contributed by atoms with Crippen LogP contribution in [0.4, 0.5) is 0 Å². The van der Waals surface area contributed by atoms with Gasteiger partial charge in [0.05, 0.1) is 5.37 Å². The van der Waals surface area contributed by atoms with Gasteiger partial charge in [-0.15, -0.1) is 0 Å². The summed E-state index contributed by atoms with van der Waals surface area (Å²) in [4.78, 5) is 3.89. The average Bonchev–Trinajstić information content (AvgIpc) is 1.82. The summed E-state index contributed by atoms with van der Waals surface area (Å²) in [5.74, 6) is 0.762. The van der Waals surface area contributed by atoms with Crippen molar-refractivity contribution >= 4 is 18.6 Å². The Labute approximate surface area is 61.3 Å². The minimum absolute atomic E-state index is 0.135. The topological polar surface area (TPSA) is 36.4 Å². The van der Waals surface area contributed by atoms with E-state index in [0.717, 1.165) is 5.96 Å². The fraction of sp³-hybridized carbons (Fsp3) is 0.800. The zero-order valence-corrected chi connectivity index (χ0v) is 6.87. The van der Waals surface area contributed by atoms with E-state index < -0.39 is 0 Å². The molecule has 1 unspecified atom stereocenters. The Balaban J connectivity index is 3.58. The lowest BCUT2D eigenvalue weighted by Gasteiger charge is -2.09. The van der Waals surface area contributed by atoms with Crippen LogP contribution in [0.25, 0.3) is 0 Å². The number of hydrogen-bond acceptors (Lipinski definition) is 2. The largest absolute Gasteiger partial charge is 0.359 e. The van der Waals surface area contributed by atoms with Crippen molar-refractivity contribution < 1.29 is 0 Å². The highest BCUT2D eigenvalue weighted by Crippen LogP contribution is 1.83. The molecule has 0 spiro atoms. The van der Waals surface area contributed by atoms with E-state index in [1.54, 1.807) is 7.05 Å². The molecule has 0 bridgehead atoms. The monoisotopic (exact) mass is 147 g/mol. The van der Waals surface area contributed by atoms with Gasteiger partial charge in [-0.05, 0) is 6.92 Å². The summed E-state index contributed by atoms with van der Waals surface area (Å²) in [6, 6.07) is 0. The summed E-state index contributed by atoms with van der Waals surface area (Å²) in [6.45, 7) is 1.94. The van der Waals surface area contributed by atoms with Gasteiger partial charge in [0, 0.05) is 14.1 Å². The molecule has 3 nitrogen and oxygen atoms in total. The Morgan fingerprint density at radius 1 is 1.67 bits per heavy atom. The molecular weight excluding hydrogens is 134 g/mol. The first kappa shape index (κ1) is 8.62. The maximum Gasteiger partial charge on any atom is 0.191 e. The van der Waals surface area contributed by atoms with Gasteiger partial charge in [-0.2, -0.15) is 12.6 Å². The second-order valence-electron chi connectivity index (χ2n) is 1.64. The molecule has 54 valence electrons. The molecule has 0 aromatic carbocycles. The van der Waals surface area contributed by atoms with Crippen molar-refractivity contribution in [1.82, 2.24) is 10.6 Å². The van der Waals surface area contributed by atoms with Crippen LogP contribution in [0.2, 0.25) is 0 Å². The van der Waals surface area contributed by atoms with Gasteiger partial charge >= 0.3 is 0 Å². The van der Waals surface area contributed by atoms with Crippen LogP contribution in [-0.2, 0) is 0 Å². The van der Waals surface area contributed by atoms with Crippen molar-refractivity contribution in [3.63, 3.8) is 0 Å². The molecule has 0 saturated carbocycles. The predicted molar refractivity (Wildman–Crippen MR) is 44.0 cm³/mol. The number of nitrogens with zero attached hydrogens (tertiary/aromatic N) is 1. The minimum atomic E-state index is 0.135. The summed E-state index contributed by atoms with van der Waals surface area (Å²) in [7, 11) is 3.53. The Morgan fingerprint density at radius 2 is 2.22 bits per heavy atom. The van der Waals surface area contributed by atoms with Crippen LogP contribution in [0.5, 0.6) is 0 Å². The third-order valence-electron chi connectivity index (χ3n) is 0.806. The van der Waals surface area contributed by atoms with Gasteiger partial charge in [-0.25, -0.2) is 0 Å². The molecule has 0 aliphatic carbocycles. The highest BCUT2D eigenvalue weighted by atomic mass is 32.1. The quantitative estimate of drug-likeness (QED) is 0.212. The third-order valence-corrected chi connectivity index (χ3v) is 0.935. The van der Waals surface area contributed by atoms with Gasteiger partial charge in [-0.1, -0.05) is 0 Å². The van der Waals surface area contributed by atoms with E-state index >= 15 is 0 Å². The average molecular weight is 147 g/mol. The van der Waals surface area contributed by atoms with Gasteiger partial charge in [0.15, 0.2) is 5.96 Å². The lowest BCUT2D eigenvalue weighted by Crippen LogP contribution is -2.37. The molecule has 0 saturated heterocycles. The smallest absolute Gasteiger partial charge is 0.191 e. The van der Waals surface area contributed by atoms with E-state index in [9.17, 15) is 0 Å². The zero-order valence-electron chi connectivity index (χ0n) is 5.97. The number of aliphatic imine (C=N–C) groups is 1. The van der Waals surface area contributed by atoms with Crippen LogP contribution >= 0.6 is 12.6 Å². The molecule has 1 atom stereocenters. The standard InChI is InChI=1S/C5H13N3S/c1-4(9)8-5(6-2)7-3/h4,9H,1-3H3,(H2,6,7,8). The van der Waals surface area contributed by atoms with Crippen LogP contribution in [0.1, 0.15) is 6.92 Å². The van der Waals surface area contributed by atoms with Crippen LogP contribution in [-0.4, -0.2) is 25.4 Å². The summed E-state index contributed by atoms with van der Waals surface area (Å²) in [5, 5.41) is 5.99. The SMILES string of the molecule is CN=C(NC)NC(C)S. The molecular formula is C5H13N3S. The normalized spacial score (nSPS) is 14.9.